The Morgan fingerprint density at radius 2 is 2.10 bits per heavy atom. The molecule has 0 aliphatic heterocycles. The van der Waals surface area contributed by atoms with Gasteiger partial charge in [-0.1, -0.05) is 12.1 Å². The first-order valence-electron chi connectivity index (χ1n) is 7.09. The zero-order valence-electron chi connectivity index (χ0n) is 12.2. The lowest BCUT2D eigenvalue weighted by atomic mass is 10.0. The molecule has 112 valence electrons. The van der Waals surface area contributed by atoms with Gasteiger partial charge >= 0.3 is 0 Å². The van der Waals surface area contributed by atoms with E-state index < -0.39 is 0 Å². The second-order valence-corrected chi connectivity index (χ2v) is 6.01. The molecule has 0 radical (unpaired) electrons. The molecule has 0 saturated carbocycles. The molecule has 4 heteroatoms. The maximum atomic E-state index is 11.9. The van der Waals surface area contributed by atoms with E-state index in [1.54, 1.807) is 23.5 Å². The Morgan fingerprint density at radius 3 is 2.81 bits per heavy atom. The molecule has 0 fully saturated rings. The van der Waals surface area contributed by atoms with Crippen molar-refractivity contribution in [2.75, 3.05) is 7.11 Å². The maximum absolute atomic E-state index is 11.9. The van der Waals surface area contributed by atoms with Crippen LogP contribution in [0.25, 0.3) is 0 Å². The summed E-state index contributed by atoms with van der Waals surface area (Å²) in [5.74, 6) is 0.875. The van der Waals surface area contributed by atoms with Crippen LogP contribution in [0, 0.1) is 0 Å². The molecule has 1 N–H and O–H groups in total. The maximum Gasteiger partial charge on any atom is 0.160 e. The van der Waals surface area contributed by atoms with Crippen molar-refractivity contribution in [1.29, 1.82) is 0 Å². The molecule has 0 bridgehead atoms. The second-order valence-electron chi connectivity index (χ2n) is 4.98. The van der Waals surface area contributed by atoms with Gasteiger partial charge in [-0.05, 0) is 48.4 Å². The number of carbonyl (C=O) groups excluding carboxylic acids is 1. The lowest BCUT2D eigenvalue weighted by Crippen LogP contribution is -2.01. The zero-order chi connectivity index (χ0) is 15.1. The van der Waals surface area contributed by atoms with Gasteiger partial charge in [-0.3, -0.25) is 4.79 Å². The number of Topliss-reactive ketones (excluding diaryl/α,β-unsaturated/α-hetero) is 1. The van der Waals surface area contributed by atoms with Crippen molar-refractivity contribution in [3.63, 3.8) is 0 Å². The molecule has 0 spiro atoms. The van der Waals surface area contributed by atoms with Crippen molar-refractivity contribution < 1.29 is 14.6 Å². The lowest BCUT2D eigenvalue weighted by molar-refractivity contribution is -0.119. The predicted molar refractivity (Wildman–Crippen MR) is 85.2 cm³/mol. The van der Waals surface area contributed by atoms with Crippen LogP contribution in [0.1, 0.15) is 29.7 Å². The summed E-state index contributed by atoms with van der Waals surface area (Å²) in [5, 5.41) is 11.6. The van der Waals surface area contributed by atoms with Crippen LogP contribution in [0.2, 0.25) is 0 Å². The lowest BCUT2D eigenvalue weighted by Gasteiger charge is -2.06. The number of phenols is 1. The average Bonchev–Trinajstić information content (AvgIpc) is 2.99. The van der Waals surface area contributed by atoms with Crippen LogP contribution in [0.15, 0.2) is 35.7 Å². The number of rotatable bonds is 8. The first-order valence-corrected chi connectivity index (χ1v) is 7.97. The number of ketones is 1. The first-order chi connectivity index (χ1) is 10.2. The molecule has 1 aromatic heterocycles. The van der Waals surface area contributed by atoms with E-state index >= 15 is 0 Å². The standard InChI is InChI=1S/C17H20O3S/c1-20-17-12-13(8-10-16(17)19)7-9-14(18)4-2-5-15-6-3-11-21-15/h3,6,8,10-12,19H,2,4-5,7,9H2,1H3. The van der Waals surface area contributed by atoms with Crippen LogP contribution in [0.5, 0.6) is 11.5 Å². The Labute approximate surface area is 129 Å². The minimum absolute atomic E-state index is 0.128. The minimum atomic E-state index is 0.128. The van der Waals surface area contributed by atoms with Crippen molar-refractivity contribution in [1.82, 2.24) is 0 Å². The summed E-state index contributed by atoms with van der Waals surface area (Å²) in [4.78, 5) is 13.2. The minimum Gasteiger partial charge on any atom is -0.504 e. The molecule has 3 nitrogen and oxygen atoms in total. The van der Waals surface area contributed by atoms with Crippen LogP contribution in [0.3, 0.4) is 0 Å². The molecular formula is C17H20O3S. The molecule has 0 saturated heterocycles. The van der Waals surface area contributed by atoms with Gasteiger partial charge in [-0.2, -0.15) is 0 Å². The van der Waals surface area contributed by atoms with E-state index in [1.165, 1.54) is 12.0 Å². The smallest absolute Gasteiger partial charge is 0.160 e. The second kappa shape index (κ2) is 7.84. The Hall–Kier alpha value is -1.81. The molecule has 21 heavy (non-hydrogen) atoms. The number of aryl methyl sites for hydroxylation is 2. The van der Waals surface area contributed by atoms with E-state index in [0.29, 0.717) is 30.8 Å². The summed E-state index contributed by atoms with van der Waals surface area (Å²) in [7, 11) is 1.52. The zero-order valence-corrected chi connectivity index (χ0v) is 13.0. The highest BCUT2D eigenvalue weighted by atomic mass is 32.1. The first kappa shape index (κ1) is 15.6. The molecular weight excluding hydrogens is 284 g/mol. The van der Waals surface area contributed by atoms with Gasteiger partial charge in [0.05, 0.1) is 7.11 Å². The topological polar surface area (TPSA) is 46.5 Å². The van der Waals surface area contributed by atoms with Crippen molar-refractivity contribution in [3.05, 3.63) is 46.2 Å². The largest absolute Gasteiger partial charge is 0.504 e. The summed E-state index contributed by atoms with van der Waals surface area (Å²) in [6.07, 6.45) is 3.76. The number of methoxy groups -OCH3 is 1. The van der Waals surface area contributed by atoms with Gasteiger partial charge in [0.2, 0.25) is 0 Å². The Balaban J connectivity index is 1.73. The summed E-state index contributed by atoms with van der Waals surface area (Å²) in [6, 6.07) is 9.37. The molecule has 2 rings (SSSR count). The summed E-state index contributed by atoms with van der Waals surface area (Å²) >= 11 is 1.74. The van der Waals surface area contributed by atoms with Crippen LogP contribution in [0.4, 0.5) is 0 Å². The van der Waals surface area contributed by atoms with Crippen LogP contribution in [-0.2, 0) is 17.6 Å². The van der Waals surface area contributed by atoms with Crippen LogP contribution in [-0.4, -0.2) is 18.0 Å². The molecule has 0 atom stereocenters. The van der Waals surface area contributed by atoms with Crippen molar-refractivity contribution in [2.45, 2.75) is 32.1 Å². The SMILES string of the molecule is COc1cc(CCC(=O)CCCc2cccs2)ccc1O. The van der Waals surface area contributed by atoms with Crippen LogP contribution >= 0.6 is 11.3 Å². The molecule has 0 aliphatic rings. The molecule has 1 aromatic carbocycles. The summed E-state index contributed by atoms with van der Waals surface area (Å²) in [5.41, 5.74) is 1.01. The monoisotopic (exact) mass is 304 g/mol. The van der Waals surface area contributed by atoms with Gasteiger partial charge in [0.1, 0.15) is 5.78 Å². The van der Waals surface area contributed by atoms with Gasteiger partial charge in [0.25, 0.3) is 0 Å². The molecule has 0 aliphatic carbocycles. The van der Waals surface area contributed by atoms with E-state index in [9.17, 15) is 9.90 Å². The molecule has 2 aromatic rings. The van der Waals surface area contributed by atoms with Gasteiger partial charge < -0.3 is 9.84 Å². The number of phenolic OH excluding ortho intramolecular Hbond substituents is 1. The fourth-order valence-corrected chi connectivity index (χ4v) is 2.95. The highest BCUT2D eigenvalue weighted by Crippen LogP contribution is 2.26. The van der Waals surface area contributed by atoms with E-state index in [-0.39, 0.29) is 5.75 Å². The van der Waals surface area contributed by atoms with Gasteiger partial charge in [0.15, 0.2) is 11.5 Å². The fourth-order valence-electron chi connectivity index (χ4n) is 2.20. The van der Waals surface area contributed by atoms with E-state index in [1.807, 2.05) is 12.1 Å². The van der Waals surface area contributed by atoms with Crippen molar-refractivity contribution >= 4 is 17.1 Å². The van der Waals surface area contributed by atoms with E-state index in [2.05, 4.69) is 11.4 Å². The van der Waals surface area contributed by atoms with Crippen LogP contribution < -0.4 is 4.74 Å². The average molecular weight is 304 g/mol. The van der Waals surface area contributed by atoms with Gasteiger partial charge in [0, 0.05) is 17.7 Å². The third-order valence-corrected chi connectivity index (χ3v) is 4.33. The van der Waals surface area contributed by atoms with E-state index in [4.69, 9.17) is 4.74 Å². The normalized spacial score (nSPS) is 10.5. The Morgan fingerprint density at radius 1 is 1.24 bits per heavy atom. The Kier molecular flexibility index (Phi) is 5.81. The third-order valence-electron chi connectivity index (χ3n) is 3.40. The number of benzene rings is 1. The highest BCUT2D eigenvalue weighted by Gasteiger charge is 2.06. The quantitative estimate of drug-likeness (QED) is 0.802. The number of ether oxygens (including phenoxy) is 1. The van der Waals surface area contributed by atoms with E-state index in [0.717, 1.165) is 18.4 Å². The Bertz CT molecular complexity index is 576. The fraction of sp³-hybridized carbons (Fsp3) is 0.353. The number of carbonyl (C=O) groups is 1. The third kappa shape index (κ3) is 4.90. The van der Waals surface area contributed by atoms with Gasteiger partial charge in [-0.15, -0.1) is 11.3 Å². The molecule has 0 unspecified atom stereocenters. The summed E-state index contributed by atoms with van der Waals surface area (Å²) < 4.78 is 5.06. The number of aromatic hydroxyl groups is 1. The van der Waals surface area contributed by atoms with Crippen molar-refractivity contribution in [3.8, 4) is 11.5 Å². The highest BCUT2D eigenvalue weighted by molar-refractivity contribution is 7.09. The number of hydrogen-bond acceptors (Lipinski definition) is 4. The number of thiophene rings is 1. The molecule has 0 amide bonds. The summed E-state index contributed by atoms with van der Waals surface area (Å²) in [6.45, 7) is 0. The number of hydrogen-bond donors (Lipinski definition) is 1. The van der Waals surface area contributed by atoms with Gasteiger partial charge in [-0.25, -0.2) is 0 Å². The molecule has 1 heterocycles. The van der Waals surface area contributed by atoms with Crippen molar-refractivity contribution in [2.24, 2.45) is 0 Å². The predicted octanol–water partition coefficient (Wildman–Crippen LogP) is 3.99.